The van der Waals surface area contributed by atoms with Gasteiger partial charge in [0.25, 0.3) is 0 Å². The van der Waals surface area contributed by atoms with Crippen LogP contribution in [0.1, 0.15) is 30.4 Å². The van der Waals surface area contributed by atoms with Crippen LogP contribution in [0.15, 0.2) is 79.1 Å². The molecule has 5 heteroatoms. The van der Waals surface area contributed by atoms with E-state index in [1.54, 1.807) is 19.4 Å². The predicted molar refractivity (Wildman–Crippen MR) is 130 cm³/mol. The lowest BCUT2D eigenvalue weighted by atomic mass is 9.74. The molecular weight excluding hydrogens is 410 g/mol. The van der Waals surface area contributed by atoms with Gasteiger partial charge in [-0.15, -0.1) is 0 Å². The summed E-state index contributed by atoms with van der Waals surface area (Å²) in [5, 5.41) is 2.87. The van der Waals surface area contributed by atoms with E-state index in [4.69, 9.17) is 0 Å². The van der Waals surface area contributed by atoms with Crippen LogP contribution in [0.25, 0.3) is 11.1 Å². The molecule has 33 heavy (non-hydrogen) atoms. The second kappa shape index (κ2) is 10.4. The van der Waals surface area contributed by atoms with Crippen molar-refractivity contribution < 1.29 is 9.59 Å². The number of carbonyl (C=O) groups is 2. The maximum Gasteiger partial charge on any atom is 0.228 e. The summed E-state index contributed by atoms with van der Waals surface area (Å²) in [6.07, 6.45) is 6.96. The number of aromatic nitrogens is 1. The molecule has 1 atom stereocenters. The molecule has 1 N–H and O–H groups in total. The minimum Gasteiger partial charge on any atom is -0.359 e. The van der Waals surface area contributed by atoms with Crippen LogP contribution in [-0.4, -0.2) is 41.8 Å². The molecule has 2 heterocycles. The van der Waals surface area contributed by atoms with Crippen LogP contribution in [0, 0.1) is 5.41 Å². The van der Waals surface area contributed by atoms with Gasteiger partial charge in [0.15, 0.2) is 0 Å². The molecule has 4 rings (SSSR count). The number of amides is 2. The summed E-state index contributed by atoms with van der Waals surface area (Å²) in [7, 11) is 1.69. The largest absolute Gasteiger partial charge is 0.359 e. The zero-order valence-corrected chi connectivity index (χ0v) is 19.2. The lowest BCUT2D eigenvalue weighted by molar-refractivity contribution is -0.141. The first kappa shape index (κ1) is 22.7. The van der Waals surface area contributed by atoms with E-state index in [9.17, 15) is 9.59 Å². The summed E-state index contributed by atoms with van der Waals surface area (Å²) in [6.45, 7) is 1.17. The molecule has 2 amide bonds. The van der Waals surface area contributed by atoms with Crippen molar-refractivity contribution in [3.8, 4) is 11.1 Å². The van der Waals surface area contributed by atoms with Crippen molar-refractivity contribution in [1.82, 2.24) is 15.2 Å². The molecule has 1 aromatic heterocycles. The quantitative estimate of drug-likeness (QED) is 0.595. The molecule has 0 radical (unpaired) electrons. The number of hydrogen-bond acceptors (Lipinski definition) is 3. The van der Waals surface area contributed by atoms with Gasteiger partial charge < -0.3 is 10.2 Å². The molecule has 1 aliphatic heterocycles. The molecular formula is C28H31N3O2. The predicted octanol–water partition coefficient (Wildman–Crippen LogP) is 4.28. The third kappa shape index (κ3) is 5.48. The van der Waals surface area contributed by atoms with Crippen LogP contribution in [0.3, 0.4) is 0 Å². The van der Waals surface area contributed by atoms with Gasteiger partial charge in [0.2, 0.25) is 11.8 Å². The third-order valence-corrected chi connectivity index (χ3v) is 6.59. The van der Waals surface area contributed by atoms with E-state index in [0.717, 1.165) is 41.5 Å². The lowest BCUT2D eigenvalue weighted by Gasteiger charge is -2.41. The Bertz CT molecular complexity index is 1080. The molecule has 3 aromatic rings. The molecule has 5 nitrogen and oxygen atoms in total. The number of benzene rings is 2. The van der Waals surface area contributed by atoms with Crippen molar-refractivity contribution in [3.05, 3.63) is 90.3 Å². The van der Waals surface area contributed by atoms with Gasteiger partial charge in [-0.05, 0) is 60.1 Å². The molecule has 0 saturated carbocycles. The highest BCUT2D eigenvalue weighted by atomic mass is 16.2. The molecule has 170 valence electrons. The second-order valence-electron chi connectivity index (χ2n) is 8.88. The average Bonchev–Trinajstić information content (AvgIpc) is 2.88. The van der Waals surface area contributed by atoms with Gasteiger partial charge in [-0.25, -0.2) is 0 Å². The number of piperidine rings is 1. The van der Waals surface area contributed by atoms with Gasteiger partial charge in [0.1, 0.15) is 0 Å². The first-order valence-electron chi connectivity index (χ1n) is 11.6. The zero-order chi connectivity index (χ0) is 23.1. The minimum atomic E-state index is -0.619. The Morgan fingerprint density at radius 2 is 1.73 bits per heavy atom. The van der Waals surface area contributed by atoms with Crippen LogP contribution >= 0.6 is 0 Å². The Morgan fingerprint density at radius 3 is 2.48 bits per heavy atom. The number of nitrogens with zero attached hydrogens (tertiary/aromatic N) is 2. The van der Waals surface area contributed by atoms with Gasteiger partial charge in [-0.2, -0.15) is 0 Å². The van der Waals surface area contributed by atoms with Crippen LogP contribution in [-0.2, 0) is 22.4 Å². The topological polar surface area (TPSA) is 62.3 Å². The van der Waals surface area contributed by atoms with E-state index in [-0.39, 0.29) is 11.8 Å². The Labute approximate surface area is 195 Å². The summed E-state index contributed by atoms with van der Waals surface area (Å²) >= 11 is 0. The molecule has 1 fully saturated rings. The Kier molecular flexibility index (Phi) is 7.18. The molecule has 1 saturated heterocycles. The van der Waals surface area contributed by atoms with E-state index in [1.807, 2.05) is 53.4 Å². The van der Waals surface area contributed by atoms with Gasteiger partial charge >= 0.3 is 0 Å². The Morgan fingerprint density at radius 1 is 0.970 bits per heavy atom. The normalized spacial score (nSPS) is 18.0. The van der Waals surface area contributed by atoms with Crippen molar-refractivity contribution in [3.63, 3.8) is 0 Å². The SMILES string of the molecule is CNC(=O)[C@]1(Cc2cccc(-c3ccncc3)c2)CCCN(C(=O)CCc2ccccc2)C1. The van der Waals surface area contributed by atoms with Crippen molar-refractivity contribution >= 4 is 11.8 Å². The van der Waals surface area contributed by atoms with E-state index >= 15 is 0 Å². The maximum atomic E-state index is 13.1. The minimum absolute atomic E-state index is 0.0115. The van der Waals surface area contributed by atoms with Gasteiger partial charge in [0.05, 0.1) is 5.41 Å². The van der Waals surface area contributed by atoms with E-state index < -0.39 is 5.41 Å². The maximum absolute atomic E-state index is 13.1. The molecule has 0 aliphatic carbocycles. The number of likely N-dealkylation sites (tertiary alicyclic amines) is 1. The molecule has 1 aliphatic rings. The fraction of sp³-hybridized carbons (Fsp3) is 0.321. The van der Waals surface area contributed by atoms with Crippen LogP contribution in [0.4, 0.5) is 0 Å². The van der Waals surface area contributed by atoms with Crippen LogP contribution < -0.4 is 5.32 Å². The summed E-state index contributed by atoms with van der Waals surface area (Å²) in [5.74, 6) is 0.134. The zero-order valence-electron chi connectivity index (χ0n) is 19.2. The smallest absolute Gasteiger partial charge is 0.228 e. The molecule has 2 aromatic carbocycles. The monoisotopic (exact) mass is 441 g/mol. The van der Waals surface area contributed by atoms with Crippen molar-refractivity contribution in [2.24, 2.45) is 5.41 Å². The lowest BCUT2D eigenvalue weighted by Crippen LogP contribution is -2.54. The number of aryl methyl sites for hydroxylation is 1. The number of carbonyl (C=O) groups excluding carboxylic acids is 2. The van der Waals surface area contributed by atoms with E-state index in [1.165, 1.54) is 0 Å². The number of pyridine rings is 1. The van der Waals surface area contributed by atoms with Crippen LogP contribution in [0.2, 0.25) is 0 Å². The summed E-state index contributed by atoms with van der Waals surface area (Å²) < 4.78 is 0. The molecule has 0 spiro atoms. The molecule has 0 unspecified atom stereocenters. The standard InChI is InChI=1S/C28H31N3O2/c1-29-27(33)28(20-23-9-5-10-25(19-23)24-13-16-30-17-14-24)15-6-18-31(21-28)26(32)12-11-22-7-3-2-4-8-22/h2-5,7-10,13-14,16-17,19H,6,11-12,15,18,20-21H2,1H3,(H,29,33)/t28-/m0/s1. The van der Waals surface area contributed by atoms with Crippen molar-refractivity contribution in [2.45, 2.75) is 32.1 Å². The second-order valence-corrected chi connectivity index (χ2v) is 8.88. The summed E-state index contributed by atoms with van der Waals surface area (Å²) in [6, 6.07) is 22.4. The van der Waals surface area contributed by atoms with Gasteiger partial charge in [0, 0.05) is 39.0 Å². The summed E-state index contributed by atoms with van der Waals surface area (Å²) in [5.41, 5.74) is 3.85. The highest BCUT2D eigenvalue weighted by molar-refractivity contribution is 5.85. The van der Waals surface area contributed by atoms with E-state index in [0.29, 0.717) is 25.9 Å². The average molecular weight is 442 g/mol. The van der Waals surface area contributed by atoms with E-state index in [2.05, 4.69) is 28.5 Å². The van der Waals surface area contributed by atoms with Crippen molar-refractivity contribution in [2.75, 3.05) is 20.1 Å². The first-order chi connectivity index (χ1) is 16.1. The molecule has 0 bridgehead atoms. The number of rotatable bonds is 7. The Hall–Kier alpha value is -3.47. The highest BCUT2D eigenvalue weighted by Gasteiger charge is 2.42. The van der Waals surface area contributed by atoms with Crippen molar-refractivity contribution in [1.29, 1.82) is 0 Å². The number of nitrogens with one attached hydrogen (secondary N) is 1. The summed E-state index contributed by atoms with van der Waals surface area (Å²) in [4.78, 5) is 32.2. The highest BCUT2D eigenvalue weighted by Crippen LogP contribution is 2.35. The Balaban J connectivity index is 1.51. The number of hydrogen-bond donors (Lipinski definition) is 1. The fourth-order valence-corrected chi connectivity index (χ4v) is 4.87. The third-order valence-electron chi connectivity index (χ3n) is 6.59. The van der Waals surface area contributed by atoms with Gasteiger partial charge in [-0.1, -0.05) is 54.6 Å². The van der Waals surface area contributed by atoms with Gasteiger partial charge in [-0.3, -0.25) is 14.6 Å². The fourth-order valence-electron chi connectivity index (χ4n) is 4.87. The van der Waals surface area contributed by atoms with Crippen LogP contribution in [0.5, 0.6) is 0 Å². The first-order valence-corrected chi connectivity index (χ1v) is 11.6.